The van der Waals surface area contributed by atoms with Crippen LogP contribution in [0.15, 0.2) is 16.7 Å². The molecule has 2 aromatic heterocycles. The van der Waals surface area contributed by atoms with Crippen LogP contribution in [0.4, 0.5) is 13.2 Å². The fourth-order valence-corrected chi connectivity index (χ4v) is 3.85. The van der Waals surface area contributed by atoms with E-state index in [0.717, 1.165) is 15.8 Å². The van der Waals surface area contributed by atoms with E-state index in [2.05, 4.69) is 14.7 Å². The molecule has 0 saturated heterocycles. The molecule has 2 rings (SSSR count). The third kappa shape index (κ3) is 4.98. The van der Waals surface area contributed by atoms with Gasteiger partial charge in [0, 0.05) is 12.0 Å². The summed E-state index contributed by atoms with van der Waals surface area (Å²) in [6.45, 7) is -0.113. The summed E-state index contributed by atoms with van der Waals surface area (Å²) in [4.78, 5) is 8.99. The molecule has 0 fully saturated rings. The zero-order valence-corrected chi connectivity index (χ0v) is 14.7. The average Bonchev–Trinajstić information content (AvgIpc) is 3.18. The summed E-state index contributed by atoms with van der Waals surface area (Å²) in [5.74, 6) is -1.94. The predicted octanol–water partition coefficient (Wildman–Crippen LogP) is 2.16. The second kappa shape index (κ2) is 7.78. The van der Waals surface area contributed by atoms with E-state index < -0.39 is 22.1 Å². The van der Waals surface area contributed by atoms with Crippen molar-refractivity contribution < 1.29 is 35.7 Å². The smallest absolute Gasteiger partial charge is 0.384 e. The number of sulfonamides is 1. The quantitative estimate of drug-likeness (QED) is 0.626. The first-order valence-electron chi connectivity index (χ1n) is 6.71. The standard InChI is InChI=1S/C12H14F3N3O5S2/c1-21-5-6-25(19,20)18(22-2)7-8-3-4-9(24-8)10-16-11(23-17-10)12(13,14)15/h3-4H,5-7H2,1-2H3. The summed E-state index contributed by atoms with van der Waals surface area (Å²) < 4.78 is 71.3. The van der Waals surface area contributed by atoms with Crippen LogP contribution >= 0.6 is 11.3 Å². The molecule has 13 heteroatoms. The van der Waals surface area contributed by atoms with Crippen molar-refractivity contribution in [2.45, 2.75) is 12.7 Å². The lowest BCUT2D eigenvalue weighted by Crippen LogP contribution is -2.32. The number of rotatable bonds is 8. The maximum atomic E-state index is 12.5. The van der Waals surface area contributed by atoms with Crippen molar-refractivity contribution in [2.75, 3.05) is 26.6 Å². The molecule has 2 aromatic rings. The Kier molecular flexibility index (Phi) is 6.16. The monoisotopic (exact) mass is 401 g/mol. The fraction of sp³-hybridized carbons (Fsp3) is 0.500. The van der Waals surface area contributed by atoms with Crippen LogP contribution in [-0.4, -0.2) is 49.6 Å². The minimum Gasteiger partial charge on any atom is -0.384 e. The zero-order chi connectivity index (χ0) is 18.7. The Morgan fingerprint density at radius 3 is 2.60 bits per heavy atom. The van der Waals surface area contributed by atoms with Crippen molar-refractivity contribution >= 4 is 21.4 Å². The molecule has 0 aliphatic heterocycles. The summed E-state index contributed by atoms with van der Waals surface area (Å²) in [5, 5.41) is 3.28. The average molecular weight is 401 g/mol. The maximum Gasteiger partial charge on any atom is 0.471 e. The molecule has 0 radical (unpaired) electrons. The molecule has 0 aliphatic rings. The highest BCUT2D eigenvalue weighted by Crippen LogP contribution is 2.32. The zero-order valence-electron chi connectivity index (χ0n) is 13.1. The van der Waals surface area contributed by atoms with Crippen molar-refractivity contribution in [3.8, 4) is 10.7 Å². The predicted molar refractivity (Wildman–Crippen MR) is 80.8 cm³/mol. The number of hydrogen-bond donors (Lipinski definition) is 0. The lowest BCUT2D eigenvalue weighted by Gasteiger charge is -2.18. The van der Waals surface area contributed by atoms with Gasteiger partial charge in [-0.05, 0) is 12.1 Å². The Morgan fingerprint density at radius 1 is 1.32 bits per heavy atom. The van der Waals surface area contributed by atoms with E-state index in [0.29, 0.717) is 9.75 Å². The van der Waals surface area contributed by atoms with E-state index in [4.69, 9.17) is 9.57 Å². The summed E-state index contributed by atoms with van der Waals surface area (Å²) >= 11 is 1.02. The normalized spacial score (nSPS) is 12.9. The largest absolute Gasteiger partial charge is 0.471 e. The van der Waals surface area contributed by atoms with Gasteiger partial charge in [0.2, 0.25) is 15.8 Å². The van der Waals surface area contributed by atoms with E-state index >= 15 is 0 Å². The van der Waals surface area contributed by atoms with Crippen molar-refractivity contribution in [3.05, 3.63) is 22.9 Å². The Morgan fingerprint density at radius 2 is 2.04 bits per heavy atom. The molecule has 0 aromatic carbocycles. The van der Waals surface area contributed by atoms with Crippen LogP contribution in [0.1, 0.15) is 10.8 Å². The van der Waals surface area contributed by atoms with Gasteiger partial charge in [0.15, 0.2) is 0 Å². The third-order valence-corrected chi connectivity index (χ3v) is 5.54. The molecule has 140 valence electrons. The summed E-state index contributed by atoms with van der Waals surface area (Å²) in [6, 6.07) is 3.02. The SMILES string of the molecule is COCCS(=O)(=O)N(Cc1ccc(-c2noc(C(F)(F)F)n2)s1)OC. The second-order valence-corrected chi connectivity index (χ2v) is 7.79. The van der Waals surface area contributed by atoms with Gasteiger partial charge in [0.1, 0.15) is 0 Å². The van der Waals surface area contributed by atoms with Crippen LogP contribution < -0.4 is 0 Å². The third-order valence-electron chi connectivity index (χ3n) is 2.89. The second-order valence-electron chi connectivity index (χ2n) is 4.64. The molecule has 2 heterocycles. The number of thiophene rings is 1. The molecule has 0 saturated carbocycles. The molecule has 0 unspecified atom stereocenters. The topological polar surface area (TPSA) is 94.8 Å². The maximum absolute atomic E-state index is 12.5. The Bertz CT molecular complexity index is 803. The number of methoxy groups -OCH3 is 1. The summed E-state index contributed by atoms with van der Waals surface area (Å²) in [7, 11) is -1.13. The van der Waals surface area contributed by atoms with Gasteiger partial charge in [-0.3, -0.25) is 4.84 Å². The molecule has 8 nitrogen and oxygen atoms in total. The number of halogens is 3. The molecule has 25 heavy (non-hydrogen) atoms. The first kappa shape index (κ1) is 19.8. The lowest BCUT2D eigenvalue weighted by atomic mass is 10.4. The fourth-order valence-electron chi connectivity index (χ4n) is 1.72. The van der Waals surface area contributed by atoms with Crippen LogP contribution in [0.5, 0.6) is 0 Å². The Labute approximate surface area is 145 Å². The van der Waals surface area contributed by atoms with E-state index in [9.17, 15) is 21.6 Å². The van der Waals surface area contributed by atoms with Crippen molar-refractivity contribution in [2.24, 2.45) is 0 Å². The molecular formula is C12H14F3N3O5S2. The lowest BCUT2D eigenvalue weighted by molar-refractivity contribution is -0.159. The number of hydrogen-bond acceptors (Lipinski definition) is 8. The van der Waals surface area contributed by atoms with Gasteiger partial charge in [0.25, 0.3) is 0 Å². The number of aromatic nitrogens is 2. The van der Waals surface area contributed by atoms with Crippen LogP contribution in [0.25, 0.3) is 10.7 Å². The number of alkyl halides is 3. The van der Waals surface area contributed by atoms with Crippen LogP contribution in [0, 0.1) is 0 Å². The summed E-state index contributed by atoms with van der Waals surface area (Å²) in [5.41, 5.74) is 0. The highest BCUT2D eigenvalue weighted by Gasteiger charge is 2.38. The molecule has 0 spiro atoms. The van der Waals surface area contributed by atoms with E-state index in [1.165, 1.54) is 20.3 Å². The van der Waals surface area contributed by atoms with Crippen molar-refractivity contribution in [1.82, 2.24) is 14.6 Å². The molecule has 0 atom stereocenters. The van der Waals surface area contributed by atoms with Gasteiger partial charge in [-0.15, -0.1) is 11.3 Å². The van der Waals surface area contributed by atoms with Gasteiger partial charge in [-0.1, -0.05) is 9.63 Å². The number of ether oxygens (including phenoxy) is 1. The van der Waals surface area contributed by atoms with Crippen LogP contribution in [0.2, 0.25) is 0 Å². The van der Waals surface area contributed by atoms with Gasteiger partial charge >= 0.3 is 12.1 Å². The van der Waals surface area contributed by atoms with E-state index in [1.54, 1.807) is 6.07 Å². The highest BCUT2D eigenvalue weighted by atomic mass is 32.2. The molecule has 0 N–H and O–H groups in total. The Balaban J connectivity index is 2.14. The van der Waals surface area contributed by atoms with Crippen molar-refractivity contribution in [1.29, 1.82) is 0 Å². The Hall–Kier alpha value is -1.54. The van der Waals surface area contributed by atoms with Gasteiger partial charge in [-0.2, -0.15) is 18.2 Å². The van der Waals surface area contributed by atoms with Gasteiger partial charge in [0.05, 0.1) is 30.9 Å². The summed E-state index contributed by atoms with van der Waals surface area (Å²) in [6.07, 6.45) is -4.73. The van der Waals surface area contributed by atoms with Gasteiger partial charge in [-0.25, -0.2) is 8.42 Å². The minimum atomic E-state index is -4.73. The highest BCUT2D eigenvalue weighted by molar-refractivity contribution is 7.88. The molecule has 0 aliphatic carbocycles. The van der Waals surface area contributed by atoms with Crippen LogP contribution in [0.3, 0.4) is 0 Å². The first-order chi connectivity index (χ1) is 11.7. The van der Waals surface area contributed by atoms with E-state index in [-0.39, 0.29) is 24.7 Å². The molecular weight excluding hydrogens is 387 g/mol. The number of nitrogens with zero attached hydrogens (tertiary/aromatic N) is 3. The van der Waals surface area contributed by atoms with Gasteiger partial charge < -0.3 is 9.26 Å². The molecule has 0 amide bonds. The van der Waals surface area contributed by atoms with Crippen LogP contribution in [-0.2, 0) is 32.3 Å². The minimum absolute atomic E-state index is 0.000955. The molecule has 0 bridgehead atoms. The first-order valence-corrected chi connectivity index (χ1v) is 9.13. The van der Waals surface area contributed by atoms with E-state index in [1.807, 2.05) is 0 Å². The number of hydroxylamine groups is 1. The van der Waals surface area contributed by atoms with Crippen molar-refractivity contribution in [3.63, 3.8) is 0 Å².